The molecular formula is C23H43FN4O. The lowest BCUT2D eigenvalue weighted by atomic mass is 9.79. The van der Waals surface area contributed by atoms with Crippen molar-refractivity contribution in [1.29, 1.82) is 0 Å². The topological polar surface area (TPSA) is 22.2 Å². The van der Waals surface area contributed by atoms with Gasteiger partial charge in [0.15, 0.2) is 0 Å². The standard InChI is InChI=1S/C23H43FN4O/c1-18(29-13-12-28-9-5-19-4-8-25(2)16-22(19)28)14-20-15-26(3)17-23-21(20)6-10-27(23)11-7-24/h18-23H,4-17H2,1-3H3. The fourth-order valence-electron chi connectivity index (χ4n) is 6.84. The van der Waals surface area contributed by atoms with Gasteiger partial charge in [-0.3, -0.25) is 9.80 Å². The van der Waals surface area contributed by atoms with E-state index in [0.29, 0.717) is 24.6 Å². The second-order valence-corrected chi connectivity index (χ2v) is 10.3. The molecule has 4 heterocycles. The molecule has 4 aliphatic rings. The lowest BCUT2D eigenvalue weighted by Crippen LogP contribution is -2.51. The Labute approximate surface area is 177 Å². The van der Waals surface area contributed by atoms with Gasteiger partial charge in [0.2, 0.25) is 0 Å². The molecule has 0 aromatic heterocycles. The summed E-state index contributed by atoms with van der Waals surface area (Å²) in [6, 6.07) is 1.30. The van der Waals surface area contributed by atoms with E-state index >= 15 is 0 Å². The third kappa shape index (κ3) is 5.15. The molecule has 0 N–H and O–H groups in total. The molecule has 6 heteroatoms. The average molecular weight is 411 g/mol. The van der Waals surface area contributed by atoms with Crippen LogP contribution in [0.25, 0.3) is 0 Å². The van der Waals surface area contributed by atoms with Gasteiger partial charge in [0.1, 0.15) is 6.67 Å². The number of ether oxygens (including phenoxy) is 1. The van der Waals surface area contributed by atoms with Crippen LogP contribution in [0, 0.1) is 17.8 Å². The van der Waals surface area contributed by atoms with Crippen LogP contribution in [0.5, 0.6) is 0 Å². The molecule has 0 aromatic rings. The summed E-state index contributed by atoms with van der Waals surface area (Å²) in [5.74, 6) is 2.32. The Morgan fingerprint density at radius 2 is 1.62 bits per heavy atom. The van der Waals surface area contributed by atoms with E-state index in [-0.39, 0.29) is 6.67 Å². The number of likely N-dealkylation sites (N-methyl/N-ethyl adjacent to an activating group) is 2. The van der Waals surface area contributed by atoms with E-state index in [1.54, 1.807) is 0 Å². The van der Waals surface area contributed by atoms with Crippen molar-refractivity contribution in [3.63, 3.8) is 0 Å². The van der Waals surface area contributed by atoms with E-state index in [0.717, 1.165) is 50.5 Å². The first-order chi connectivity index (χ1) is 14.0. The Kier molecular flexibility index (Phi) is 7.49. The molecule has 0 bridgehead atoms. The normalized spacial score (nSPS) is 38.3. The molecule has 4 aliphatic heterocycles. The summed E-state index contributed by atoms with van der Waals surface area (Å²) < 4.78 is 19.2. The zero-order valence-corrected chi connectivity index (χ0v) is 18.9. The summed E-state index contributed by atoms with van der Waals surface area (Å²) in [5.41, 5.74) is 0. The van der Waals surface area contributed by atoms with Gasteiger partial charge in [0, 0.05) is 44.8 Å². The van der Waals surface area contributed by atoms with Crippen LogP contribution in [0.1, 0.15) is 32.6 Å². The van der Waals surface area contributed by atoms with E-state index in [1.807, 2.05) is 0 Å². The molecule has 0 radical (unpaired) electrons. The van der Waals surface area contributed by atoms with Crippen LogP contribution < -0.4 is 0 Å². The SMILES string of the molecule is CC(CC1CN(C)CC2C1CCN2CCF)OCCN1CCC2CCN(C)CC21. The summed E-state index contributed by atoms with van der Waals surface area (Å²) in [7, 11) is 4.49. The van der Waals surface area contributed by atoms with Crippen molar-refractivity contribution in [3.05, 3.63) is 0 Å². The van der Waals surface area contributed by atoms with Crippen LogP contribution in [0.3, 0.4) is 0 Å². The number of rotatable bonds is 8. The monoisotopic (exact) mass is 410 g/mol. The fourth-order valence-corrected chi connectivity index (χ4v) is 6.84. The van der Waals surface area contributed by atoms with Crippen molar-refractivity contribution in [3.8, 4) is 0 Å². The van der Waals surface area contributed by atoms with Crippen molar-refractivity contribution in [2.75, 3.05) is 79.7 Å². The van der Waals surface area contributed by atoms with Crippen molar-refractivity contribution < 1.29 is 9.13 Å². The van der Waals surface area contributed by atoms with Gasteiger partial charge < -0.3 is 14.5 Å². The quantitative estimate of drug-likeness (QED) is 0.609. The maximum Gasteiger partial charge on any atom is 0.102 e. The zero-order chi connectivity index (χ0) is 20.4. The second-order valence-electron chi connectivity index (χ2n) is 10.3. The number of alkyl halides is 1. The molecule has 4 saturated heterocycles. The Hall–Kier alpha value is -0.270. The van der Waals surface area contributed by atoms with Gasteiger partial charge in [-0.15, -0.1) is 0 Å². The minimum atomic E-state index is -0.217. The first kappa shape index (κ1) is 21.9. The number of nitrogens with zero attached hydrogens (tertiary/aromatic N) is 4. The predicted molar refractivity (Wildman–Crippen MR) is 116 cm³/mol. The fraction of sp³-hybridized carbons (Fsp3) is 1.00. The molecule has 0 saturated carbocycles. The first-order valence-electron chi connectivity index (χ1n) is 12.1. The molecule has 6 atom stereocenters. The maximum atomic E-state index is 12.9. The predicted octanol–water partition coefficient (Wildman–Crippen LogP) is 2.03. The van der Waals surface area contributed by atoms with Crippen molar-refractivity contribution in [2.24, 2.45) is 17.8 Å². The summed E-state index contributed by atoms with van der Waals surface area (Å²) in [6.45, 7) is 11.7. The molecule has 4 fully saturated rings. The smallest absolute Gasteiger partial charge is 0.102 e. The molecule has 6 unspecified atom stereocenters. The highest BCUT2D eigenvalue weighted by molar-refractivity contribution is 4.97. The zero-order valence-electron chi connectivity index (χ0n) is 18.9. The van der Waals surface area contributed by atoms with Crippen LogP contribution in [0.15, 0.2) is 0 Å². The number of halogens is 1. The minimum Gasteiger partial charge on any atom is -0.377 e. The number of likely N-dealkylation sites (tertiary alicyclic amines) is 4. The Bertz CT molecular complexity index is 523. The number of hydrogen-bond acceptors (Lipinski definition) is 5. The average Bonchev–Trinajstić information content (AvgIpc) is 3.26. The molecule has 5 nitrogen and oxygen atoms in total. The van der Waals surface area contributed by atoms with Crippen LogP contribution in [-0.4, -0.2) is 118 Å². The van der Waals surface area contributed by atoms with Crippen molar-refractivity contribution in [1.82, 2.24) is 19.6 Å². The van der Waals surface area contributed by atoms with E-state index < -0.39 is 0 Å². The van der Waals surface area contributed by atoms with E-state index in [9.17, 15) is 4.39 Å². The highest BCUT2D eigenvalue weighted by Gasteiger charge is 2.43. The molecule has 0 aliphatic carbocycles. The molecule has 0 spiro atoms. The number of fused-ring (bicyclic) bond motifs is 2. The Balaban J connectivity index is 1.22. The van der Waals surface area contributed by atoms with Crippen molar-refractivity contribution >= 4 is 0 Å². The first-order valence-corrected chi connectivity index (χ1v) is 12.1. The maximum absolute atomic E-state index is 12.9. The van der Waals surface area contributed by atoms with E-state index in [2.05, 4.69) is 40.6 Å². The lowest BCUT2D eigenvalue weighted by molar-refractivity contribution is 0.000213. The third-order valence-corrected chi connectivity index (χ3v) is 8.33. The molecular weight excluding hydrogens is 367 g/mol. The second kappa shape index (κ2) is 9.90. The van der Waals surface area contributed by atoms with Crippen molar-refractivity contribution in [2.45, 2.75) is 50.8 Å². The summed E-state index contributed by atoms with van der Waals surface area (Å²) in [6.07, 6.45) is 5.44. The number of piperidine rings is 2. The minimum absolute atomic E-state index is 0.217. The summed E-state index contributed by atoms with van der Waals surface area (Å²) in [4.78, 5) is 10.0. The van der Waals surface area contributed by atoms with Crippen LogP contribution in [-0.2, 0) is 4.74 Å². The molecule has 0 aromatic carbocycles. The van der Waals surface area contributed by atoms with Gasteiger partial charge in [0.25, 0.3) is 0 Å². The van der Waals surface area contributed by atoms with Crippen LogP contribution in [0.2, 0.25) is 0 Å². The molecule has 168 valence electrons. The van der Waals surface area contributed by atoms with Gasteiger partial charge in [0.05, 0.1) is 12.7 Å². The lowest BCUT2D eigenvalue weighted by Gasteiger charge is -2.42. The van der Waals surface area contributed by atoms with E-state index in [1.165, 1.54) is 45.4 Å². The largest absolute Gasteiger partial charge is 0.377 e. The van der Waals surface area contributed by atoms with Gasteiger partial charge in [-0.2, -0.15) is 0 Å². The molecule has 0 amide bonds. The summed E-state index contributed by atoms with van der Waals surface area (Å²) in [5, 5.41) is 0. The highest BCUT2D eigenvalue weighted by atomic mass is 19.1. The van der Waals surface area contributed by atoms with Crippen LogP contribution >= 0.6 is 0 Å². The number of hydrogen-bond donors (Lipinski definition) is 0. The molecule has 29 heavy (non-hydrogen) atoms. The highest BCUT2D eigenvalue weighted by Crippen LogP contribution is 2.37. The Morgan fingerprint density at radius 3 is 2.45 bits per heavy atom. The Morgan fingerprint density at radius 1 is 0.897 bits per heavy atom. The van der Waals surface area contributed by atoms with Gasteiger partial charge in [-0.1, -0.05) is 0 Å². The van der Waals surface area contributed by atoms with Gasteiger partial charge in [-0.25, -0.2) is 4.39 Å². The summed E-state index contributed by atoms with van der Waals surface area (Å²) >= 11 is 0. The van der Waals surface area contributed by atoms with Gasteiger partial charge in [-0.05, 0) is 84.1 Å². The van der Waals surface area contributed by atoms with Crippen LogP contribution in [0.4, 0.5) is 4.39 Å². The van der Waals surface area contributed by atoms with E-state index in [4.69, 9.17) is 4.74 Å². The molecule has 4 rings (SSSR count). The third-order valence-electron chi connectivity index (χ3n) is 8.33. The van der Waals surface area contributed by atoms with Gasteiger partial charge >= 0.3 is 0 Å².